The highest BCUT2D eigenvalue weighted by atomic mass is 16.5. The van der Waals surface area contributed by atoms with Crippen LogP contribution in [0.2, 0.25) is 0 Å². The number of methoxy groups -OCH3 is 1. The summed E-state index contributed by atoms with van der Waals surface area (Å²) in [5.41, 5.74) is 2.36. The summed E-state index contributed by atoms with van der Waals surface area (Å²) in [6.07, 6.45) is 0.170. The van der Waals surface area contributed by atoms with Crippen LogP contribution in [-0.2, 0) is 27.4 Å². The molecule has 0 spiro atoms. The zero-order valence-electron chi connectivity index (χ0n) is 16.6. The lowest BCUT2D eigenvalue weighted by Crippen LogP contribution is -2.32. The molecule has 0 aliphatic heterocycles. The first-order chi connectivity index (χ1) is 14.0. The van der Waals surface area contributed by atoms with E-state index < -0.39 is 12.0 Å². The van der Waals surface area contributed by atoms with E-state index in [1.165, 1.54) is 7.11 Å². The molecular formula is C22H25N3O4. The van der Waals surface area contributed by atoms with E-state index >= 15 is 0 Å². The number of nitrogens with zero attached hydrogens (tertiary/aromatic N) is 2. The van der Waals surface area contributed by atoms with Crippen LogP contribution in [0.15, 0.2) is 59.4 Å². The predicted molar refractivity (Wildman–Crippen MR) is 110 cm³/mol. The van der Waals surface area contributed by atoms with Gasteiger partial charge in [-0.25, -0.2) is 4.79 Å². The van der Waals surface area contributed by atoms with Crippen LogP contribution < -0.4 is 11.0 Å². The van der Waals surface area contributed by atoms with Crippen LogP contribution in [0.3, 0.4) is 0 Å². The van der Waals surface area contributed by atoms with Gasteiger partial charge in [-0.05, 0) is 24.6 Å². The maximum absolute atomic E-state index is 12.7. The Balaban J connectivity index is 1.75. The first-order valence-corrected chi connectivity index (χ1v) is 9.64. The van der Waals surface area contributed by atoms with E-state index in [0.29, 0.717) is 6.54 Å². The van der Waals surface area contributed by atoms with E-state index in [9.17, 15) is 14.4 Å². The minimum absolute atomic E-state index is 0.0430. The summed E-state index contributed by atoms with van der Waals surface area (Å²) in [5.74, 6) is -0.635. The molecule has 0 radical (unpaired) electrons. The van der Waals surface area contributed by atoms with Crippen molar-refractivity contribution in [2.75, 3.05) is 7.11 Å². The average molecular weight is 395 g/mol. The molecule has 1 amide bonds. The van der Waals surface area contributed by atoms with Gasteiger partial charge in [0.1, 0.15) is 0 Å². The maximum Gasteiger partial charge on any atom is 0.329 e. The van der Waals surface area contributed by atoms with Crippen molar-refractivity contribution < 1.29 is 14.3 Å². The van der Waals surface area contributed by atoms with Crippen molar-refractivity contribution in [2.24, 2.45) is 0 Å². The third-order valence-corrected chi connectivity index (χ3v) is 4.94. The Morgan fingerprint density at radius 3 is 2.24 bits per heavy atom. The van der Waals surface area contributed by atoms with Crippen LogP contribution in [0.4, 0.5) is 0 Å². The number of nitrogens with one attached hydrogen (secondary N) is 1. The molecule has 3 aromatic rings. The topological polar surface area (TPSA) is 82.3 Å². The quantitative estimate of drug-likeness (QED) is 0.595. The molecule has 152 valence electrons. The maximum atomic E-state index is 12.7. The number of rotatable bonds is 8. The number of aryl methyl sites for hydroxylation is 2. The monoisotopic (exact) mass is 395 g/mol. The molecule has 1 atom stereocenters. The summed E-state index contributed by atoms with van der Waals surface area (Å²) in [6.45, 7) is 2.74. The third kappa shape index (κ3) is 4.56. The molecule has 7 heteroatoms. The van der Waals surface area contributed by atoms with Gasteiger partial charge in [0.2, 0.25) is 5.91 Å². The van der Waals surface area contributed by atoms with Crippen LogP contribution >= 0.6 is 0 Å². The fourth-order valence-electron chi connectivity index (χ4n) is 3.46. The molecule has 7 nitrogen and oxygen atoms in total. The summed E-state index contributed by atoms with van der Waals surface area (Å²) in [4.78, 5) is 37.1. The molecule has 3 rings (SSSR count). The number of esters is 1. The van der Waals surface area contributed by atoms with Crippen molar-refractivity contribution in [1.29, 1.82) is 0 Å². The Labute approximate surface area is 168 Å². The number of carbonyl (C=O) groups is 2. The largest absolute Gasteiger partial charge is 0.469 e. The summed E-state index contributed by atoms with van der Waals surface area (Å²) in [7, 11) is 1.32. The number of aromatic nitrogens is 2. The van der Waals surface area contributed by atoms with E-state index in [4.69, 9.17) is 4.74 Å². The van der Waals surface area contributed by atoms with Crippen molar-refractivity contribution in [3.63, 3.8) is 0 Å². The lowest BCUT2D eigenvalue weighted by atomic mass is 10.0. The van der Waals surface area contributed by atoms with Crippen molar-refractivity contribution in [2.45, 2.75) is 38.9 Å². The summed E-state index contributed by atoms with van der Waals surface area (Å²) in [5, 5.41) is 2.90. The average Bonchev–Trinajstić information content (AvgIpc) is 3.02. The molecule has 0 aliphatic rings. The molecule has 1 heterocycles. The molecule has 0 aliphatic carbocycles. The lowest BCUT2D eigenvalue weighted by Gasteiger charge is -2.18. The van der Waals surface area contributed by atoms with E-state index in [2.05, 4.69) is 5.32 Å². The third-order valence-electron chi connectivity index (χ3n) is 4.94. The van der Waals surface area contributed by atoms with Gasteiger partial charge in [0.05, 0.1) is 30.6 Å². The van der Waals surface area contributed by atoms with E-state index in [1.54, 1.807) is 9.13 Å². The van der Waals surface area contributed by atoms with Gasteiger partial charge in [0.15, 0.2) is 0 Å². The van der Waals surface area contributed by atoms with Crippen LogP contribution in [0.1, 0.15) is 31.4 Å². The van der Waals surface area contributed by atoms with E-state index in [0.717, 1.165) is 16.6 Å². The number of benzene rings is 2. The Morgan fingerprint density at radius 2 is 1.62 bits per heavy atom. The Hall–Kier alpha value is -3.35. The predicted octanol–water partition coefficient (Wildman–Crippen LogP) is 2.63. The summed E-state index contributed by atoms with van der Waals surface area (Å²) >= 11 is 0. The Morgan fingerprint density at radius 1 is 1.00 bits per heavy atom. The van der Waals surface area contributed by atoms with Crippen LogP contribution in [0, 0.1) is 0 Å². The van der Waals surface area contributed by atoms with Crippen LogP contribution in [0.5, 0.6) is 0 Å². The first-order valence-electron chi connectivity index (χ1n) is 9.64. The minimum Gasteiger partial charge on any atom is -0.469 e. The van der Waals surface area contributed by atoms with Gasteiger partial charge in [-0.2, -0.15) is 0 Å². The van der Waals surface area contributed by atoms with Gasteiger partial charge in [0.25, 0.3) is 0 Å². The minimum atomic E-state index is -0.482. The number of imidazole rings is 1. The highest BCUT2D eigenvalue weighted by molar-refractivity contribution is 5.79. The second-order valence-corrected chi connectivity index (χ2v) is 6.73. The summed E-state index contributed by atoms with van der Waals surface area (Å²) < 4.78 is 8.07. The first kappa shape index (κ1) is 20.4. The highest BCUT2D eigenvalue weighted by Crippen LogP contribution is 2.18. The fraction of sp³-hybridized carbons (Fsp3) is 0.318. The van der Waals surface area contributed by atoms with Crippen LogP contribution in [-0.4, -0.2) is 28.1 Å². The van der Waals surface area contributed by atoms with Gasteiger partial charge in [-0.1, -0.05) is 42.5 Å². The van der Waals surface area contributed by atoms with Crippen molar-refractivity contribution >= 4 is 22.9 Å². The van der Waals surface area contributed by atoms with Gasteiger partial charge in [-0.15, -0.1) is 0 Å². The number of hydrogen-bond donors (Lipinski definition) is 1. The number of ether oxygens (including phenoxy) is 1. The second-order valence-electron chi connectivity index (χ2n) is 6.73. The normalized spacial score (nSPS) is 11.9. The smallest absolute Gasteiger partial charge is 0.329 e. The molecule has 1 unspecified atom stereocenters. The molecule has 1 aromatic heterocycles. The molecule has 2 aromatic carbocycles. The second kappa shape index (κ2) is 9.23. The molecule has 1 N–H and O–H groups in total. The SMILES string of the molecule is CCn1c(=O)n(CCC(=O)NC(CC(=O)OC)c2ccccc2)c2ccccc21. The number of para-hydroxylation sites is 2. The number of carbonyl (C=O) groups excluding carboxylic acids is 2. The molecule has 0 bridgehead atoms. The number of amides is 1. The van der Waals surface area contributed by atoms with Crippen molar-refractivity contribution in [3.8, 4) is 0 Å². The Bertz CT molecular complexity index is 1050. The van der Waals surface area contributed by atoms with Gasteiger partial charge >= 0.3 is 11.7 Å². The van der Waals surface area contributed by atoms with Gasteiger partial charge in [0, 0.05) is 19.5 Å². The fourth-order valence-corrected chi connectivity index (χ4v) is 3.46. The lowest BCUT2D eigenvalue weighted by molar-refractivity contribution is -0.141. The van der Waals surface area contributed by atoms with Crippen LogP contribution in [0.25, 0.3) is 11.0 Å². The van der Waals surface area contributed by atoms with Crippen molar-refractivity contribution in [1.82, 2.24) is 14.5 Å². The molecule has 0 saturated heterocycles. The molecule has 0 fully saturated rings. The standard InChI is InChI=1S/C22H25N3O4/c1-3-24-18-11-7-8-12-19(18)25(22(24)28)14-13-20(26)23-17(15-21(27)29-2)16-9-5-4-6-10-16/h4-12,17H,3,13-15H2,1-2H3,(H,23,26). The number of hydrogen-bond acceptors (Lipinski definition) is 4. The number of fused-ring (bicyclic) bond motifs is 1. The van der Waals surface area contributed by atoms with Gasteiger partial charge in [-0.3, -0.25) is 18.7 Å². The summed E-state index contributed by atoms with van der Waals surface area (Å²) in [6, 6.07) is 16.4. The highest BCUT2D eigenvalue weighted by Gasteiger charge is 2.19. The zero-order chi connectivity index (χ0) is 20.8. The molecule has 29 heavy (non-hydrogen) atoms. The molecule has 0 saturated carbocycles. The molecular weight excluding hydrogens is 370 g/mol. The van der Waals surface area contributed by atoms with Gasteiger partial charge < -0.3 is 10.1 Å². The zero-order valence-corrected chi connectivity index (χ0v) is 16.6. The van der Waals surface area contributed by atoms with Crippen molar-refractivity contribution in [3.05, 3.63) is 70.6 Å². The Kier molecular flexibility index (Phi) is 6.49. The van der Waals surface area contributed by atoms with E-state index in [-0.39, 0.29) is 31.0 Å². The van der Waals surface area contributed by atoms with E-state index in [1.807, 2.05) is 61.5 Å².